The maximum absolute atomic E-state index is 5.88. The monoisotopic (exact) mass is 270 g/mol. The van der Waals surface area contributed by atoms with Crippen molar-refractivity contribution in [3.63, 3.8) is 0 Å². The van der Waals surface area contributed by atoms with Crippen LogP contribution in [-0.4, -0.2) is 10.9 Å². The smallest absolute Gasteiger partial charge is 0.193 e. The highest BCUT2D eigenvalue weighted by molar-refractivity contribution is 5.92. The number of aliphatic imine (C=N–C) groups is 1. The van der Waals surface area contributed by atoms with E-state index >= 15 is 0 Å². The van der Waals surface area contributed by atoms with E-state index in [1.165, 1.54) is 24.0 Å². The Labute approximate surface area is 117 Å². The molecule has 0 radical (unpaired) electrons. The predicted octanol–water partition coefficient (Wildman–Crippen LogP) is 2.40. The first-order valence-electron chi connectivity index (χ1n) is 6.81. The van der Waals surface area contributed by atoms with Crippen molar-refractivity contribution in [2.75, 3.05) is 5.32 Å². The Balaban J connectivity index is 1.64. The number of nitrogens with two attached hydrogens (primary N) is 1. The molecule has 1 aliphatic rings. The second kappa shape index (κ2) is 5.36. The minimum Gasteiger partial charge on any atom is -0.444 e. The largest absolute Gasteiger partial charge is 0.444 e. The topological polar surface area (TPSA) is 76.4 Å². The van der Waals surface area contributed by atoms with Gasteiger partial charge in [-0.3, -0.25) is 0 Å². The quantitative estimate of drug-likeness (QED) is 0.663. The number of anilines is 1. The lowest BCUT2D eigenvalue weighted by molar-refractivity contribution is 0.477. The maximum Gasteiger partial charge on any atom is 0.193 e. The molecule has 0 saturated carbocycles. The maximum atomic E-state index is 5.88. The molecule has 104 valence electrons. The Morgan fingerprint density at radius 3 is 3.05 bits per heavy atom. The van der Waals surface area contributed by atoms with Crippen molar-refractivity contribution in [3.8, 4) is 0 Å². The molecule has 0 bridgehead atoms. The number of nitrogens with one attached hydrogen (secondary N) is 1. The van der Waals surface area contributed by atoms with Gasteiger partial charge in [0.25, 0.3) is 0 Å². The highest BCUT2D eigenvalue weighted by Gasteiger charge is 2.10. The normalized spacial score (nSPS) is 14.3. The van der Waals surface area contributed by atoms with Crippen LogP contribution in [0.2, 0.25) is 0 Å². The zero-order valence-electron chi connectivity index (χ0n) is 11.5. The zero-order chi connectivity index (χ0) is 13.9. The lowest BCUT2D eigenvalue weighted by Crippen LogP contribution is -2.22. The van der Waals surface area contributed by atoms with Gasteiger partial charge in [-0.1, -0.05) is 6.07 Å². The van der Waals surface area contributed by atoms with Crippen LogP contribution in [0.4, 0.5) is 5.69 Å². The van der Waals surface area contributed by atoms with Gasteiger partial charge >= 0.3 is 0 Å². The third kappa shape index (κ3) is 2.82. The van der Waals surface area contributed by atoms with Crippen molar-refractivity contribution in [1.29, 1.82) is 0 Å². The molecule has 0 spiro atoms. The second-order valence-corrected chi connectivity index (χ2v) is 5.01. The first kappa shape index (κ1) is 12.7. The number of aromatic nitrogens is 1. The molecule has 3 rings (SSSR count). The average Bonchev–Trinajstić information content (AvgIpc) is 3.04. The van der Waals surface area contributed by atoms with Gasteiger partial charge in [0, 0.05) is 12.6 Å². The van der Waals surface area contributed by atoms with E-state index in [1.807, 2.05) is 6.07 Å². The summed E-state index contributed by atoms with van der Waals surface area (Å²) >= 11 is 0. The lowest BCUT2D eigenvalue weighted by Gasteiger charge is -2.07. The lowest BCUT2D eigenvalue weighted by atomic mass is 10.1. The molecule has 0 atom stereocenters. The molecule has 5 heteroatoms. The molecule has 20 heavy (non-hydrogen) atoms. The number of aryl methyl sites for hydroxylation is 3. The molecule has 1 aromatic carbocycles. The Bertz CT molecular complexity index is 645. The molecule has 1 aliphatic carbocycles. The summed E-state index contributed by atoms with van der Waals surface area (Å²) in [5, 5.41) is 3.11. The van der Waals surface area contributed by atoms with Gasteiger partial charge in [0.05, 0.1) is 6.20 Å². The number of guanidine groups is 1. The standard InChI is InChI=1S/C15H18N4O/c1-10-17-8-14(20-10)9-18-15(16)19-13-6-5-11-3-2-4-12(11)7-13/h5-8H,2-4,9H2,1H3,(H3,16,18,19). The predicted molar refractivity (Wildman–Crippen MR) is 78.7 cm³/mol. The van der Waals surface area contributed by atoms with Crippen LogP contribution < -0.4 is 11.1 Å². The Hall–Kier alpha value is -2.30. The fourth-order valence-electron chi connectivity index (χ4n) is 2.48. The molecule has 1 heterocycles. The molecule has 0 saturated heterocycles. The minimum atomic E-state index is 0.386. The van der Waals surface area contributed by atoms with Crippen molar-refractivity contribution in [2.45, 2.75) is 32.7 Å². The van der Waals surface area contributed by atoms with E-state index in [4.69, 9.17) is 10.2 Å². The van der Waals surface area contributed by atoms with Gasteiger partial charge in [0.2, 0.25) is 0 Å². The highest BCUT2D eigenvalue weighted by Crippen LogP contribution is 2.24. The zero-order valence-corrected chi connectivity index (χ0v) is 11.5. The fourth-order valence-corrected chi connectivity index (χ4v) is 2.48. The molecule has 5 nitrogen and oxygen atoms in total. The number of hydrogen-bond acceptors (Lipinski definition) is 3. The van der Waals surface area contributed by atoms with Crippen LogP contribution in [0.3, 0.4) is 0 Å². The molecule has 3 N–H and O–H groups in total. The summed E-state index contributed by atoms with van der Waals surface area (Å²) in [4.78, 5) is 8.27. The van der Waals surface area contributed by atoms with Gasteiger partial charge in [-0.25, -0.2) is 9.98 Å². The van der Waals surface area contributed by atoms with Crippen LogP contribution in [0.25, 0.3) is 0 Å². The van der Waals surface area contributed by atoms with E-state index in [0.29, 0.717) is 24.2 Å². The van der Waals surface area contributed by atoms with Crippen LogP contribution >= 0.6 is 0 Å². The van der Waals surface area contributed by atoms with E-state index in [2.05, 4.69) is 27.4 Å². The number of fused-ring (bicyclic) bond motifs is 1. The second-order valence-electron chi connectivity index (χ2n) is 5.01. The average molecular weight is 270 g/mol. The highest BCUT2D eigenvalue weighted by atomic mass is 16.4. The van der Waals surface area contributed by atoms with E-state index in [9.17, 15) is 0 Å². The number of benzene rings is 1. The number of hydrogen-bond donors (Lipinski definition) is 2. The van der Waals surface area contributed by atoms with Gasteiger partial charge < -0.3 is 15.5 Å². The molecular weight excluding hydrogens is 252 g/mol. The first-order valence-corrected chi connectivity index (χ1v) is 6.81. The van der Waals surface area contributed by atoms with Crippen LogP contribution in [0.1, 0.15) is 29.2 Å². The molecule has 0 unspecified atom stereocenters. The van der Waals surface area contributed by atoms with Gasteiger partial charge in [-0.15, -0.1) is 0 Å². The van der Waals surface area contributed by atoms with Crippen LogP contribution in [-0.2, 0) is 19.4 Å². The van der Waals surface area contributed by atoms with Crippen LogP contribution in [0.5, 0.6) is 0 Å². The summed E-state index contributed by atoms with van der Waals surface area (Å²) in [6, 6.07) is 6.37. The molecule has 2 aromatic rings. The van der Waals surface area contributed by atoms with Gasteiger partial charge in [-0.05, 0) is 42.5 Å². The number of oxazole rings is 1. The Kier molecular flexibility index (Phi) is 3.41. The first-order chi connectivity index (χ1) is 9.70. The van der Waals surface area contributed by atoms with E-state index in [0.717, 1.165) is 12.1 Å². The Morgan fingerprint density at radius 2 is 2.25 bits per heavy atom. The summed E-state index contributed by atoms with van der Waals surface area (Å²) in [7, 11) is 0. The molecule has 0 aliphatic heterocycles. The van der Waals surface area contributed by atoms with Crippen molar-refractivity contribution in [2.24, 2.45) is 10.7 Å². The summed E-state index contributed by atoms with van der Waals surface area (Å²) in [5.41, 5.74) is 9.73. The van der Waals surface area contributed by atoms with E-state index < -0.39 is 0 Å². The summed E-state index contributed by atoms with van der Waals surface area (Å²) in [6.45, 7) is 2.20. The number of nitrogens with zero attached hydrogens (tertiary/aromatic N) is 2. The Morgan fingerprint density at radius 1 is 1.40 bits per heavy atom. The van der Waals surface area contributed by atoms with E-state index in [-0.39, 0.29) is 0 Å². The van der Waals surface area contributed by atoms with Gasteiger partial charge in [0.15, 0.2) is 11.9 Å². The van der Waals surface area contributed by atoms with Gasteiger partial charge in [-0.2, -0.15) is 0 Å². The van der Waals surface area contributed by atoms with Crippen molar-refractivity contribution >= 4 is 11.6 Å². The van der Waals surface area contributed by atoms with Crippen molar-refractivity contribution in [1.82, 2.24) is 4.98 Å². The number of rotatable bonds is 3. The van der Waals surface area contributed by atoms with Crippen molar-refractivity contribution < 1.29 is 4.42 Å². The van der Waals surface area contributed by atoms with Gasteiger partial charge in [0.1, 0.15) is 12.3 Å². The summed E-state index contributed by atoms with van der Waals surface area (Å²) in [6.07, 6.45) is 5.25. The summed E-state index contributed by atoms with van der Waals surface area (Å²) in [5.74, 6) is 1.73. The van der Waals surface area contributed by atoms with Crippen LogP contribution in [0.15, 0.2) is 33.8 Å². The molecule has 0 amide bonds. The molecule has 1 aromatic heterocycles. The van der Waals surface area contributed by atoms with Crippen LogP contribution in [0, 0.1) is 6.92 Å². The fraction of sp³-hybridized carbons (Fsp3) is 0.333. The molecular formula is C15H18N4O. The summed E-state index contributed by atoms with van der Waals surface area (Å²) < 4.78 is 5.34. The molecule has 0 fully saturated rings. The minimum absolute atomic E-state index is 0.386. The SMILES string of the molecule is Cc1ncc(CN=C(N)Nc2ccc3c(c2)CCC3)o1. The third-order valence-electron chi connectivity index (χ3n) is 3.45. The van der Waals surface area contributed by atoms with E-state index in [1.54, 1.807) is 13.1 Å². The third-order valence-corrected chi connectivity index (χ3v) is 3.45. The van der Waals surface area contributed by atoms with Crippen molar-refractivity contribution in [3.05, 3.63) is 47.2 Å².